The van der Waals surface area contributed by atoms with Gasteiger partial charge in [0.15, 0.2) is 0 Å². The maximum Gasteiger partial charge on any atom is 0.396 e. The van der Waals surface area contributed by atoms with Crippen LogP contribution in [0.3, 0.4) is 0 Å². The van der Waals surface area contributed by atoms with Crippen LogP contribution in [0.2, 0.25) is 0 Å². The van der Waals surface area contributed by atoms with Crippen LogP contribution in [0.25, 0.3) is 10.3 Å². The summed E-state index contributed by atoms with van der Waals surface area (Å²) in [5, 5.41) is 0. The van der Waals surface area contributed by atoms with Gasteiger partial charge in [0.05, 0.1) is 4.70 Å². The first-order chi connectivity index (χ1) is 7.19. The number of benzene rings is 1. The summed E-state index contributed by atoms with van der Waals surface area (Å²) < 4.78 is 6.00. The van der Waals surface area contributed by atoms with Gasteiger partial charge in [0.25, 0.3) is 0 Å². The van der Waals surface area contributed by atoms with E-state index in [1.807, 2.05) is 18.2 Å². The van der Waals surface area contributed by atoms with Gasteiger partial charge in [-0.2, -0.15) is 0 Å². The van der Waals surface area contributed by atoms with Crippen LogP contribution >= 0.6 is 11.3 Å². The van der Waals surface area contributed by atoms with E-state index in [-0.39, 0.29) is 10.5 Å². The summed E-state index contributed by atoms with van der Waals surface area (Å²) in [5.74, 6) is 0. The summed E-state index contributed by atoms with van der Waals surface area (Å²) >= 11 is 1.15. The number of fused-ring (bicyclic) bond motifs is 1. The van der Waals surface area contributed by atoms with E-state index in [2.05, 4.69) is 0 Å². The zero-order valence-electron chi connectivity index (χ0n) is 8.16. The molecule has 0 radical (unpaired) electrons. The Labute approximate surface area is 90.5 Å². The molecule has 1 aliphatic rings. The van der Waals surface area contributed by atoms with E-state index in [1.54, 1.807) is 0 Å². The fraction of sp³-hybridized carbons (Fsp3) is 0.364. The Bertz CT molecular complexity index is 565. The van der Waals surface area contributed by atoms with Gasteiger partial charge in [-0.1, -0.05) is 23.5 Å². The van der Waals surface area contributed by atoms with Gasteiger partial charge in [-0.3, -0.25) is 0 Å². The van der Waals surface area contributed by atoms with Crippen molar-refractivity contribution in [2.45, 2.75) is 24.8 Å². The van der Waals surface area contributed by atoms with Gasteiger partial charge >= 0.3 is 4.94 Å². The van der Waals surface area contributed by atoms with Crippen molar-refractivity contribution in [3.63, 3.8) is 0 Å². The molecule has 0 saturated heterocycles. The van der Waals surface area contributed by atoms with Crippen LogP contribution in [0.5, 0.6) is 0 Å². The van der Waals surface area contributed by atoms with Crippen LogP contribution in [0, 0.1) is 0 Å². The summed E-state index contributed by atoms with van der Waals surface area (Å²) in [5.41, 5.74) is 7.77. The molecule has 78 valence electrons. The van der Waals surface area contributed by atoms with Crippen molar-refractivity contribution in [1.82, 2.24) is 0 Å². The Morgan fingerprint density at radius 2 is 2.20 bits per heavy atom. The highest BCUT2D eigenvalue weighted by Crippen LogP contribution is 2.42. The Morgan fingerprint density at radius 3 is 2.87 bits per heavy atom. The van der Waals surface area contributed by atoms with E-state index < -0.39 is 0 Å². The highest BCUT2D eigenvalue weighted by Gasteiger charge is 2.36. The number of hydrogen-bond donors (Lipinski definition) is 1. The SMILES string of the molecule is NC1(c2cccc3oc(=O)sc23)CCC1. The topological polar surface area (TPSA) is 56.2 Å². The first-order valence-electron chi connectivity index (χ1n) is 5.01. The molecule has 3 nitrogen and oxygen atoms in total. The van der Waals surface area contributed by atoms with E-state index in [4.69, 9.17) is 10.2 Å². The maximum absolute atomic E-state index is 11.2. The molecule has 3 rings (SSSR count). The summed E-state index contributed by atoms with van der Waals surface area (Å²) in [4.78, 5) is 10.9. The summed E-state index contributed by atoms with van der Waals surface area (Å²) in [6.07, 6.45) is 3.16. The lowest BCUT2D eigenvalue weighted by molar-refractivity contribution is 0.256. The maximum atomic E-state index is 11.2. The van der Waals surface area contributed by atoms with Crippen molar-refractivity contribution in [2.75, 3.05) is 0 Å². The second-order valence-electron chi connectivity index (χ2n) is 4.10. The summed E-state index contributed by atoms with van der Waals surface area (Å²) in [7, 11) is 0. The largest absolute Gasteiger partial charge is 0.414 e. The predicted octanol–water partition coefficient (Wildman–Crippen LogP) is 2.19. The lowest BCUT2D eigenvalue weighted by Gasteiger charge is -2.38. The fourth-order valence-electron chi connectivity index (χ4n) is 2.11. The van der Waals surface area contributed by atoms with Crippen LogP contribution in [0.1, 0.15) is 24.8 Å². The molecule has 1 aromatic carbocycles. The molecule has 0 unspecified atom stereocenters. The summed E-state index contributed by atoms with van der Waals surface area (Å²) in [6, 6.07) is 5.73. The Balaban J connectivity index is 2.30. The molecule has 0 spiro atoms. The molecule has 1 fully saturated rings. The number of nitrogens with two attached hydrogens (primary N) is 1. The third-order valence-corrected chi connectivity index (χ3v) is 4.02. The first-order valence-corrected chi connectivity index (χ1v) is 5.83. The van der Waals surface area contributed by atoms with Crippen LogP contribution in [-0.2, 0) is 5.54 Å². The highest BCUT2D eigenvalue weighted by molar-refractivity contribution is 7.16. The molecule has 4 heteroatoms. The third-order valence-electron chi connectivity index (χ3n) is 3.14. The van der Waals surface area contributed by atoms with Crippen molar-refractivity contribution in [2.24, 2.45) is 5.73 Å². The van der Waals surface area contributed by atoms with E-state index in [1.165, 1.54) is 6.42 Å². The number of hydrogen-bond acceptors (Lipinski definition) is 4. The second kappa shape index (κ2) is 2.93. The Kier molecular flexibility index (Phi) is 1.78. The highest BCUT2D eigenvalue weighted by atomic mass is 32.1. The minimum absolute atomic E-state index is 0.230. The minimum Gasteiger partial charge on any atom is -0.414 e. The van der Waals surface area contributed by atoms with Gasteiger partial charge in [0, 0.05) is 5.54 Å². The molecule has 2 aromatic rings. The average molecular weight is 221 g/mol. The van der Waals surface area contributed by atoms with Crippen molar-refractivity contribution >= 4 is 21.6 Å². The predicted molar refractivity (Wildman–Crippen MR) is 60.1 cm³/mol. The number of rotatable bonds is 1. The average Bonchev–Trinajstić information content (AvgIpc) is 2.53. The van der Waals surface area contributed by atoms with Crippen molar-refractivity contribution in [3.8, 4) is 0 Å². The van der Waals surface area contributed by atoms with Crippen molar-refractivity contribution in [3.05, 3.63) is 33.5 Å². The quantitative estimate of drug-likeness (QED) is 0.803. The smallest absolute Gasteiger partial charge is 0.396 e. The van der Waals surface area contributed by atoms with Crippen LogP contribution in [-0.4, -0.2) is 0 Å². The standard InChI is InChI=1S/C11H11NO2S/c12-11(5-2-6-11)7-3-1-4-8-9(7)15-10(13)14-8/h1,3-4H,2,5-6,12H2. The molecule has 0 amide bonds. The lowest BCUT2D eigenvalue weighted by Crippen LogP contribution is -2.43. The molecule has 0 bridgehead atoms. The van der Waals surface area contributed by atoms with E-state index in [0.29, 0.717) is 5.58 Å². The zero-order chi connectivity index (χ0) is 10.5. The molecule has 2 N–H and O–H groups in total. The molecule has 0 atom stereocenters. The third kappa shape index (κ3) is 1.25. The van der Waals surface area contributed by atoms with Gasteiger partial charge in [-0.25, -0.2) is 4.79 Å². The van der Waals surface area contributed by atoms with Gasteiger partial charge in [0.1, 0.15) is 5.58 Å². The molecule has 0 aliphatic heterocycles. The van der Waals surface area contributed by atoms with Crippen LogP contribution in [0.4, 0.5) is 0 Å². The van der Waals surface area contributed by atoms with Crippen molar-refractivity contribution in [1.29, 1.82) is 0 Å². The van der Waals surface area contributed by atoms with Crippen LogP contribution in [0.15, 0.2) is 27.4 Å². The van der Waals surface area contributed by atoms with E-state index >= 15 is 0 Å². The zero-order valence-corrected chi connectivity index (χ0v) is 8.97. The van der Waals surface area contributed by atoms with Gasteiger partial charge in [-0.05, 0) is 30.9 Å². The summed E-state index contributed by atoms with van der Waals surface area (Å²) in [6.45, 7) is 0. The molecule has 1 heterocycles. The molecular formula is C11H11NO2S. The Morgan fingerprint density at radius 1 is 1.40 bits per heavy atom. The second-order valence-corrected chi connectivity index (χ2v) is 5.04. The molecular weight excluding hydrogens is 210 g/mol. The first kappa shape index (κ1) is 9.12. The van der Waals surface area contributed by atoms with E-state index in [9.17, 15) is 4.79 Å². The Hall–Kier alpha value is -1.13. The molecule has 1 aromatic heterocycles. The minimum atomic E-state index is -0.250. The normalized spacial score (nSPS) is 19.0. The molecule has 1 aliphatic carbocycles. The van der Waals surface area contributed by atoms with Gasteiger partial charge in [-0.15, -0.1) is 0 Å². The molecule has 15 heavy (non-hydrogen) atoms. The molecule has 1 saturated carbocycles. The van der Waals surface area contributed by atoms with E-state index in [0.717, 1.165) is 34.4 Å². The van der Waals surface area contributed by atoms with Crippen molar-refractivity contribution < 1.29 is 4.42 Å². The lowest BCUT2D eigenvalue weighted by atomic mass is 9.73. The van der Waals surface area contributed by atoms with Gasteiger partial charge in [0.2, 0.25) is 0 Å². The monoisotopic (exact) mass is 221 g/mol. The van der Waals surface area contributed by atoms with Crippen LogP contribution < -0.4 is 10.7 Å². The fourth-order valence-corrected chi connectivity index (χ4v) is 3.00. The van der Waals surface area contributed by atoms with Gasteiger partial charge < -0.3 is 10.2 Å².